The van der Waals surface area contributed by atoms with Crippen molar-refractivity contribution in [1.82, 2.24) is 4.57 Å². The first-order chi connectivity index (χ1) is 15.4. The number of halogens is 1. The van der Waals surface area contributed by atoms with Crippen LogP contribution in [0.3, 0.4) is 0 Å². The number of rotatable bonds is 7. The summed E-state index contributed by atoms with van der Waals surface area (Å²) < 4.78 is 27.3. The highest BCUT2D eigenvalue weighted by molar-refractivity contribution is 5.94. The van der Waals surface area contributed by atoms with E-state index in [0.29, 0.717) is 30.9 Å². The molecule has 0 fully saturated rings. The van der Waals surface area contributed by atoms with Crippen molar-refractivity contribution in [3.05, 3.63) is 64.1 Å². The van der Waals surface area contributed by atoms with Crippen molar-refractivity contribution < 1.29 is 23.8 Å². The first kappa shape index (κ1) is 21.8. The summed E-state index contributed by atoms with van der Waals surface area (Å²) in [6, 6.07) is 10.1. The molecule has 1 aromatic heterocycles. The molecule has 0 saturated heterocycles. The number of aliphatic carboxylic acids is 1. The van der Waals surface area contributed by atoms with Crippen molar-refractivity contribution >= 4 is 16.9 Å². The minimum Gasteiger partial charge on any atom is -0.489 e. The van der Waals surface area contributed by atoms with E-state index in [1.54, 1.807) is 12.1 Å². The molecule has 0 spiro atoms. The van der Waals surface area contributed by atoms with Crippen LogP contribution in [0.4, 0.5) is 4.39 Å². The number of benzene rings is 2. The lowest BCUT2D eigenvalue weighted by atomic mass is 9.95. The number of hydrogen-bond donors (Lipinski definition) is 1. The van der Waals surface area contributed by atoms with Gasteiger partial charge in [-0.05, 0) is 54.7 Å². The van der Waals surface area contributed by atoms with Crippen LogP contribution in [0.5, 0.6) is 5.75 Å². The fraction of sp³-hybridized carbons (Fsp3) is 0.360. The molecule has 166 valence electrons. The molecule has 2 aromatic carbocycles. The van der Waals surface area contributed by atoms with E-state index >= 15 is 0 Å². The maximum Gasteiger partial charge on any atom is 0.306 e. The van der Waals surface area contributed by atoms with Crippen LogP contribution >= 0.6 is 0 Å². The largest absolute Gasteiger partial charge is 0.489 e. The lowest BCUT2D eigenvalue weighted by molar-refractivity contribution is -0.140. The highest BCUT2D eigenvalue weighted by Gasteiger charge is 2.32. The highest BCUT2D eigenvalue weighted by atomic mass is 19.1. The molecule has 1 aliphatic rings. The molecule has 1 atom stereocenters. The number of aromatic nitrogens is 1. The van der Waals surface area contributed by atoms with Crippen LogP contribution in [0.2, 0.25) is 0 Å². The van der Waals surface area contributed by atoms with Crippen LogP contribution in [0.25, 0.3) is 10.9 Å². The van der Waals surface area contributed by atoms with Crippen molar-refractivity contribution in [3.63, 3.8) is 0 Å². The summed E-state index contributed by atoms with van der Waals surface area (Å²) in [7, 11) is 0. The Bertz CT molecular complexity index is 1230. The summed E-state index contributed by atoms with van der Waals surface area (Å²) in [5.74, 6) is -0.875. The number of carbonyl (C=O) groups is 1. The van der Waals surface area contributed by atoms with Crippen LogP contribution in [-0.4, -0.2) is 22.2 Å². The maximum atomic E-state index is 13.5. The summed E-state index contributed by atoms with van der Waals surface area (Å²) in [6.45, 7) is 5.34. The molecule has 6 nitrogen and oxygen atoms in total. The van der Waals surface area contributed by atoms with Crippen LogP contribution in [0.15, 0.2) is 30.3 Å². The van der Waals surface area contributed by atoms with Crippen LogP contribution in [0, 0.1) is 24.1 Å². The van der Waals surface area contributed by atoms with Gasteiger partial charge in [0.25, 0.3) is 0 Å². The second kappa shape index (κ2) is 9.01. The van der Waals surface area contributed by atoms with E-state index in [0.717, 1.165) is 39.7 Å². The van der Waals surface area contributed by atoms with E-state index in [9.17, 15) is 19.6 Å². The molecule has 1 aliphatic heterocycles. The molecule has 4 rings (SSSR count). The van der Waals surface area contributed by atoms with E-state index in [1.165, 1.54) is 12.1 Å². The zero-order chi connectivity index (χ0) is 22.8. The average Bonchev–Trinajstić information content (AvgIpc) is 3.09. The third-order valence-corrected chi connectivity index (χ3v) is 5.93. The second-order valence-corrected chi connectivity index (χ2v) is 8.01. The van der Waals surface area contributed by atoms with Gasteiger partial charge >= 0.3 is 5.97 Å². The van der Waals surface area contributed by atoms with Gasteiger partial charge in [-0.2, -0.15) is 5.26 Å². The number of ether oxygens (including phenoxy) is 2. The minimum absolute atomic E-state index is 0.122. The molecule has 0 aliphatic carbocycles. The molecule has 2 heterocycles. The molecular weight excluding hydrogens is 411 g/mol. The van der Waals surface area contributed by atoms with E-state index in [4.69, 9.17) is 9.47 Å². The van der Waals surface area contributed by atoms with Gasteiger partial charge in [-0.1, -0.05) is 13.0 Å². The third kappa shape index (κ3) is 3.94. The van der Waals surface area contributed by atoms with Gasteiger partial charge < -0.3 is 19.1 Å². The standard InChI is InChI=1S/C25H25FN2O4/c1-3-8-28-24-15(2)17(14-32-19-6-4-5-18(26)11-19)10-16(13-27)23(24)20-7-9-31-21(25(20)28)12-22(29)30/h4-6,10-11,21H,3,7-9,12,14H2,1-2H3,(H,29,30). The summed E-state index contributed by atoms with van der Waals surface area (Å²) in [5, 5.41) is 20.2. The maximum absolute atomic E-state index is 13.5. The van der Waals surface area contributed by atoms with Gasteiger partial charge in [0.15, 0.2) is 0 Å². The van der Waals surface area contributed by atoms with Crippen molar-refractivity contribution in [2.24, 2.45) is 0 Å². The zero-order valence-electron chi connectivity index (χ0n) is 18.2. The Morgan fingerprint density at radius 2 is 2.22 bits per heavy atom. The van der Waals surface area contributed by atoms with Gasteiger partial charge in [-0.3, -0.25) is 4.79 Å². The van der Waals surface area contributed by atoms with E-state index < -0.39 is 12.1 Å². The minimum atomic E-state index is -0.919. The SMILES string of the molecule is CCCn1c2c(c3c(C#N)cc(COc4cccc(F)c4)c(C)c31)CCOC2CC(=O)O. The van der Waals surface area contributed by atoms with Gasteiger partial charge in [0, 0.05) is 18.0 Å². The first-order valence-electron chi connectivity index (χ1n) is 10.7. The number of nitrogens with zero attached hydrogens (tertiary/aromatic N) is 2. The second-order valence-electron chi connectivity index (χ2n) is 8.01. The number of nitriles is 1. The van der Waals surface area contributed by atoms with Crippen LogP contribution < -0.4 is 4.74 Å². The topological polar surface area (TPSA) is 84.5 Å². The smallest absolute Gasteiger partial charge is 0.306 e. The van der Waals surface area contributed by atoms with Crippen molar-refractivity contribution in [2.45, 2.75) is 52.4 Å². The zero-order valence-corrected chi connectivity index (χ0v) is 18.2. The monoisotopic (exact) mass is 436 g/mol. The number of fused-ring (bicyclic) bond motifs is 3. The summed E-state index contributed by atoms with van der Waals surface area (Å²) in [4.78, 5) is 11.5. The van der Waals surface area contributed by atoms with E-state index in [-0.39, 0.29) is 18.8 Å². The summed E-state index contributed by atoms with van der Waals surface area (Å²) >= 11 is 0. The molecule has 3 aromatic rings. The van der Waals surface area contributed by atoms with E-state index in [2.05, 4.69) is 17.6 Å². The first-order valence-corrected chi connectivity index (χ1v) is 10.7. The van der Waals surface area contributed by atoms with Gasteiger partial charge in [0.05, 0.1) is 35.9 Å². The molecule has 32 heavy (non-hydrogen) atoms. The number of carboxylic acid groups (broad SMARTS) is 1. The number of carboxylic acids is 1. The molecule has 1 unspecified atom stereocenters. The molecule has 0 radical (unpaired) electrons. The molecular formula is C25H25FN2O4. The highest BCUT2D eigenvalue weighted by Crippen LogP contribution is 2.41. The Balaban J connectivity index is 1.87. The molecule has 0 amide bonds. The molecule has 0 bridgehead atoms. The van der Waals surface area contributed by atoms with Crippen molar-refractivity contribution in [2.75, 3.05) is 6.61 Å². The lowest BCUT2D eigenvalue weighted by Crippen LogP contribution is -2.21. The summed E-state index contributed by atoms with van der Waals surface area (Å²) in [5.41, 5.74) is 5.12. The van der Waals surface area contributed by atoms with Crippen LogP contribution in [0.1, 0.15) is 53.8 Å². The Labute approximate surface area is 185 Å². The van der Waals surface area contributed by atoms with Gasteiger partial charge in [-0.15, -0.1) is 0 Å². The molecule has 1 N–H and O–H groups in total. The molecule has 7 heteroatoms. The Morgan fingerprint density at radius 1 is 1.41 bits per heavy atom. The fourth-order valence-electron chi connectivity index (χ4n) is 4.61. The predicted octanol–water partition coefficient (Wildman–Crippen LogP) is 5.04. The van der Waals surface area contributed by atoms with Gasteiger partial charge in [0.2, 0.25) is 0 Å². The Hall–Kier alpha value is -3.37. The fourth-order valence-corrected chi connectivity index (χ4v) is 4.61. The van der Waals surface area contributed by atoms with Crippen molar-refractivity contribution in [3.8, 4) is 11.8 Å². The number of aryl methyl sites for hydroxylation is 2. The Morgan fingerprint density at radius 3 is 2.91 bits per heavy atom. The summed E-state index contributed by atoms with van der Waals surface area (Å²) in [6.07, 6.45) is 0.810. The molecule has 0 saturated carbocycles. The lowest BCUT2D eigenvalue weighted by Gasteiger charge is -2.25. The van der Waals surface area contributed by atoms with Gasteiger partial charge in [0.1, 0.15) is 24.3 Å². The van der Waals surface area contributed by atoms with E-state index in [1.807, 2.05) is 13.0 Å². The Kier molecular flexibility index (Phi) is 6.15. The van der Waals surface area contributed by atoms with Crippen LogP contribution in [-0.2, 0) is 29.1 Å². The third-order valence-electron chi connectivity index (χ3n) is 5.93. The quantitative estimate of drug-likeness (QED) is 0.561. The predicted molar refractivity (Wildman–Crippen MR) is 117 cm³/mol. The van der Waals surface area contributed by atoms with Crippen molar-refractivity contribution in [1.29, 1.82) is 5.26 Å². The normalized spacial score (nSPS) is 15.4. The van der Waals surface area contributed by atoms with Gasteiger partial charge in [-0.25, -0.2) is 4.39 Å². The number of hydrogen-bond acceptors (Lipinski definition) is 4. The average molecular weight is 436 g/mol.